The van der Waals surface area contributed by atoms with Gasteiger partial charge in [-0.05, 0) is 5.56 Å². The van der Waals surface area contributed by atoms with Crippen LogP contribution in [0.1, 0.15) is 21.6 Å². The van der Waals surface area contributed by atoms with Crippen LogP contribution in [0.4, 0.5) is 13.2 Å². The van der Waals surface area contributed by atoms with E-state index < -0.39 is 34.7 Å². The molecule has 0 fully saturated rings. The van der Waals surface area contributed by atoms with Gasteiger partial charge in [-0.15, -0.1) is 0 Å². The van der Waals surface area contributed by atoms with Crippen LogP contribution in [-0.2, 0) is 12.7 Å². The van der Waals surface area contributed by atoms with Gasteiger partial charge >= 0.3 is 12.1 Å². The Morgan fingerprint density at radius 2 is 1.82 bits per heavy atom. The Kier molecular flexibility index (Phi) is 3.89. The molecule has 22 heavy (non-hydrogen) atoms. The minimum atomic E-state index is -5.10. The molecule has 116 valence electrons. The molecule has 0 bridgehead atoms. The minimum absolute atomic E-state index is 0.358. The maximum Gasteiger partial charge on any atom is 0.438 e. The van der Waals surface area contributed by atoms with Crippen LogP contribution in [0.15, 0.2) is 35.1 Å². The summed E-state index contributed by atoms with van der Waals surface area (Å²) in [5.41, 5.74) is -4.05. The van der Waals surface area contributed by atoms with Gasteiger partial charge < -0.3 is 10.2 Å². The number of benzene rings is 1. The number of carboxylic acids is 1. The predicted molar refractivity (Wildman–Crippen MR) is 67.7 cm³/mol. The standard InChI is InChI=1S/C13H9F3N2O4/c14-13(15,16)10-9(19)8(12(21)22)11(20)18(17-10)6-7-4-2-1-3-5-7/h1-5,19H,6H2,(H,21,22). The van der Waals surface area contributed by atoms with E-state index in [0.29, 0.717) is 10.2 Å². The number of hydrogen-bond donors (Lipinski definition) is 2. The van der Waals surface area contributed by atoms with E-state index in [-0.39, 0.29) is 6.54 Å². The first kappa shape index (κ1) is 15.5. The van der Waals surface area contributed by atoms with Crippen molar-refractivity contribution in [2.75, 3.05) is 0 Å². The maximum absolute atomic E-state index is 12.8. The van der Waals surface area contributed by atoms with Crippen LogP contribution in [-0.4, -0.2) is 26.0 Å². The zero-order valence-electron chi connectivity index (χ0n) is 10.8. The molecule has 0 amide bonds. The van der Waals surface area contributed by atoms with Gasteiger partial charge in [-0.1, -0.05) is 30.3 Å². The van der Waals surface area contributed by atoms with Crippen LogP contribution in [0.3, 0.4) is 0 Å². The van der Waals surface area contributed by atoms with Gasteiger partial charge in [0.25, 0.3) is 5.56 Å². The van der Waals surface area contributed by atoms with Crippen molar-refractivity contribution in [1.29, 1.82) is 0 Å². The summed E-state index contributed by atoms with van der Waals surface area (Å²) in [4.78, 5) is 22.9. The van der Waals surface area contributed by atoms with E-state index in [0.717, 1.165) is 0 Å². The van der Waals surface area contributed by atoms with E-state index in [1.165, 1.54) is 12.1 Å². The average molecular weight is 314 g/mol. The van der Waals surface area contributed by atoms with E-state index in [4.69, 9.17) is 5.11 Å². The van der Waals surface area contributed by atoms with Gasteiger partial charge in [0.2, 0.25) is 5.69 Å². The molecule has 2 rings (SSSR count). The van der Waals surface area contributed by atoms with Crippen molar-refractivity contribution in [3.05, 3.63) is 57.5 Å². The van der Waals surface area contributed by atoms with E-state index >= 15 is 0 Å². The number of carbonyl (C=O) groups is 1. The van der Waals surface area contributed by atoms with E-state index in [1.807, 2.05) is 0 Å². The summed E-state index contributed by atoms with van der Waals surface area (Å²) in [5.74, 6) is -3.65. The van der Waals surface area contributed by atoms with Gasteiger partial charge in [-0.3, -0.25) is 4.79 Å². The fourth-order valence-corrected chi connectivity index (χ4v) is 1.81. The summed E-state index contributed by atoms with van der Waals surface area (Å²) in [6.07, 6.45) is -5.10. The monoisotopic (exact) mass is 314 g/mol. The Morgan fingerprint density at radius 3 is 2.32 bits per heavy atom. The Bertz CT molecular complexity index is 769. The van der Waals surface area contributed by atoms with Gasteiger partial charge in [-0.2, -0.15) is 18.3 Å². The first-order chi connectivity index (χ1) is 10.2. The molecule has 0 radical (unpaired) electrons. The van der Waals surface area contributed by atoms with Crippen LogP contribution in [0.25, 0.3) is 0 Å². The van der Waals surface area contributed by atoms with Crippen LogP contribution < -0.4 is 5.56 Å². The van der Waals surface area contributed by atoms with Crippen molar-refractivity contribution >= 4 is 5.97 Å². The largest absolute Gasteiger partial charge is 0.505 e. The molecule has 0 aliphatic heterocycles. The lowest BCUT2D eigenvalue weighted by atomic mass is 10.2. The molecule has 2 aromatic rings. The summed E-state index contributed by atoms with van der Waals surface area (Å²) >= 11 is 0. The van der Waals surface area contributed by atoms with Crippen molar-refractivity contribution in [2.45, 2.75) is 12.7 Å². The zero-order chi connectivity index (χ0) is 16.5. The SMILES string of the molecule is O=C(O)c1c(O)c(C(F)(F)F)nn(Cc2ccccc2)c1=O. The highest BCUT2D eigenvalue weighted by molar-refractivity contribution is 5.90. The fourth-order valence-electron chi connectivity index (χ4n) is 1.81. The molecule has 0 saturated carbocycles. The molecular weight excluding hydrogens is 305 g/mol. The second-order valence-corrected chi connectivity index (χ2v) is 4.32. The second-order valence-electron chi connectivity index (χ2n) is 4.32. The van der Waals surface area contributed by atoms with E-state index in [9.17, 15) is 27.9 Å². The van der Waals surface area contributed by atoms with Gasteiger partial charge in [0.05, 0.1) is 6.54 Å². The molecule has 0 spiro atoms. The molecule has 1 aromatic heterocycles. The number of carboxylic acid groups (broad SMARTS) is 1. The molecule has 1 aromatic carbocycles. The molecule has 9 heteroatoms. The molecule has 0 unspecified atom stereocenters. The Balaban J connectivity index is 2.66. The van der Waals surface area contributed by atoms with Gasteiger partial charge in [0.1, 0.15) is 0 Å². The minimum Gasteiger partial charge on any atom is -0.505 e. The molecule has 0 saturated heterocycles. The van der Waals surface area contributed by atoms with Crippen molar-refractivity contribution in [2.24, 2.45) is 0 Å². The number of aromatic carboxylic acids is 1. The van der Waals surface area contributed by atoms with E-state index in [1.54, 1.807) is 18.2 Å². The smallest absolute Gasteiger partial charge is 0.438 e. The summed E-state index contributed by atoms with van der Waals surface area (Å²) in [6.45, 7) is -0.358. The Labute approximate surface area is 121 Å². The molecule has 0 aliphatic carbocycles. The lowest BCUT2D eigenvalue weighted by Gasteiger charge is -2.13. The number of halogens is 3. The van der Waals surface area contributed by atoms with Crippen LogP contribution in [0.5, 0.6) is 5.75 Å². The van der Waals surface area contributed by atoms with Crippen LogP contribution in [0.2, 0.25) is 0 Å². The Hall–Kier alpha value is -2.84. The normalized spacial score (nSPS) is 11.4. The quantitative estimate of drug-likeness (QED) is 0.900. The summed E-state index contributed by atoms with van der Waals surface area (Å²) in [7, 11) is 0. The van der Waals surface area contributed by atoms with E-state index in [2.05, 4.69) is 5.10 Å². The highest BCUT2D eigenvalue weighted by atomic mass is 19.4. The maximum atomic E-state index is 12.8. The molecule has 0 aliphatic rings. The highest BCUT2D eigenvalue weighted by Crippen LogP contribution is 2.34. The van der Waals surface area contributed by atoms with Gasteiger partial charge in [0, 0.05) is 0 Å². The molecule has 2 N–H and O–H groups in total. The molecule has 1 heterocycles. The van der Waals surface area contributed by atoms with Crippen molar-refractivity contribution in [3.63, 3.8) is 0 Å². The van der Waals surface area contributed by atoms with Gasteiger partial charge in [0.15, 0.2) is 11.3 Å². The lowest BCUT2D eigenvalue weighted by molar-refractivity contribution is -0.143. The summed E-state index contributed by atoms with van der Waals surface area (Å²) in [5, 5.41) is 21.3. The first-order valence-corrected chi connectivity index (χ1v) is 5.90. The summed E-state index contributed by atoms with van der Waals surface area (Å²) < 4.78 is 38.8. The molecule has 0 atom stereocenters. The number of aromatic nitrogens is 2. The second kappa shape index (κ2) is 5.51. The molecular formula is C13H9F3N2O4. The van der Waals surface area contributed by atoms with Gasteiger partial charge in [-0.25, -0.2) is 9.48 Å². The third-order valence-corrected chi connectivity index (χ3v) is 2.79. The zero-order valence-corrected chi connectivity index (χ0v) is 10.8. The van der Waals surface area contributed by atoms with Crippen molar-refractivity contribution in [3.8, 4) is 5.75 Å². The Morgan fingerprint density at radius 1 is 1.23 bits per heavy atom. The number of nitrogens with zero attached hydrogens (tertiary/aromatic N) is 2. The third kappa shape index (κ3) is 2.92. The number of rotatable bonds is 3. The number of alkyl halides is 3. The van der Waals surface area contributed by atoms with Crippen molar-refractivity contribution < 1.29 is 28.2 Å². The molecule has 6 nitrogen and oxygen atoms in total. The number of hydrogen-bond acceptors (Lipinski definition) is 4. The topological polar surface area (TPSA) is 92.4 Å². The van der Waals surface area contributed by atoms with Crippen LogP contribution in [0, 0.1) is 0 Å². The van der Waals surface area contributed by atoms with Crippen molar-refractivity contribution in [1.82, 2.24) is 9.78 Å². The third-order valence-electron chi connectivity index (χ3n) is 2.79. The lowest BCUT2D eigenvalue weighted by Crippen LogP contribution is -2.32. The highest BCUT2D eigenvalue weighted by Gasteiger charge is 2.40. The average Bonchev–Trinajstić information content (AvgIpc) is 2.41. The number of aromatic hydroxyl groups is 1. The fraction of sp³-hybridized carbons (Fsp3) is 0.154. The first-order valence-electron chi connectivity index (χ1n) is 5.90. The summed E-state index contributed by atoms with van der Waals surface area (Å²) in [6, 6.07) is 7.94. The van der Waals surface area contributed by atoms with Crippen LogP contribution >= 0.6 is 0 Å². The predicted octanol–water partition coefficient (Wildman–Crippen LogP) is 1.71.